The van der Waals surface area contributed by atoms with Crippen molar-refractivity contribution in [2.75, 3.05) is 48.8 Å². The molecule has 0 saturated carbocycles. The Balaban J connectivity index is 1.37. The van der Waals surface area contributed by atoms with Crippen molar-refractivity contribution in [3.8, 4) is 0 Å². The second-order valence-corrected chi connectivity index (χ2v) is 7.41. The molecule has 0 amide bonds. The van der Waals surface area contributed by atoms with E-state index in [1.807, 2.05) is 12.1 Å². The summed E-state index contributed by atoms with van der Waals surface area (Å²) in [6.07, 6.45) is 1.63. The van der Waals surface area contributed by atoms with Crippen molar-refractivity contribution in [1.82, 2.24) is 20.1 Å². The molecule has 0 unspecified atom stereocenters. The zero-order valence-corrected chi connectivity index (χ0v) is 17.0. The molecule has 1 aromatic heterocycles. The number of nitrogens with one attached hydrogen (secondary N) is 2. The summed E-state index contributed by atoms with van der Waals surface area (Å²) in [7, 11) is 2.17. The van der Waals surface area contributed by atoms with Crippen LogP contribution in [0.4, 0.5) is 23.1 Å². The van der Waals surface area contributed by atoms with Gasteiger partial charge in [-0.1, -0.05) is 24.3 Å². The van der Waals surface area contributed by atoms with Gasteiger partial charge in [-0.2, -0.15) is 10.1 Å². The summed E-state index contributed by atoms with van der Waals surface area (Å²) in [5.41, 5.74) is 4.69. The molecule has 1 saturated heterocycles. The lowest BCUT2D eigenvalue weighted by molar-refractivity contribution is 0.313. The normalized spacial score (nSPS) is 14.6. The molecule has 3 aromatic rings. The van der Waals surface area contributed by atoms with Crippen molar-refractivity contribution in [3.05, 3.63) is 65.9 Å². The number of aromatic nitrogens is 3. The van der Waals surface area contributed by atoms with Gasteiger partial charge in [0.15, 0.2) is 5.82 Å². The largest absolute Gasteiger partial charge is 0.369 e. The predicted octanol–water partition coefficient (Wildman–Crippen LogP) is 3.29. The van der Waals surface area contributed by atoms with Crippen molar-refractivity contribution in [3.63, 3.8) is 0 Å². The Kier molecular flexibility index (Phi) is 5.86. The minimum absolute atomic E-state index is 0.507. The maximum Gasteiger partial charge on any atom is 0.244 e. The minimum Gasteiger partial charge on any atom is -0.369 e. The Hall–Kier alpha value is -3.19. The van der Waals surface area contributed by atoms with E-state index in [1.165, 1.54) is 16.8 Å². The van der Waals surface area contributed by atoms with E-state index in [2.05, 4.69) is 86.0 Å². The summed E-state index contributed by atoms with van der Waals surface area (Å²) in [5.74, 6) is 1.17. The maximum absolute atomic E-state index is 4.52. The molecule has 2 N–H and O–H groups in total. The molecule has 2 aromatic carbocycles. The van der Waals surface area contributed by atoms with Crippen molar-refractivity contribution in [1.29, 1.82) is 0 Å². The number of hydrogen-bond donors (Lipinski definition) is 2. The lowest BCUT2D eigenvalue weighted by Crippen LogP contribution is -2.44. The van der Waals surface area contributed by atoms with E-state index in [0.29, 0.717) is 18.3 Å². The van der Waals surface area contributed by atoms with Crippen LogP contribution < -0.4 is 15.5 Å². The number of piperazine rings is 1. The highest BCUT2D eigenvalue weighted by atomic mass is 15.3. The molecule has 0 aliphatic carbocycles. The molecular weight excluding hydrogens is 362 g/mol. The zero-order valence-electron chi connectivity index (χ0n) is 17.0. The van der Waals surface area contributed by atoms with E-state index >= 15 is 0 Å². The monoisotopic (exact) mass is 389 g/mol. The van der Waals surface area contributed by atoms with Crippen LogP contribution >= 0.6 is 0 Å². The summed E-state index contributed by atoms with van der Waals surface area (Å²) in [6, 6.07) is 16.7. The molecule has 1 aliphatic heterocycles. The molecule has 150 valence electrons. The quantitative estimate of drug-likeness (QED) is 0.670. The molecule has 7 heteroatoms. The lowest BCUT2D eigenvalue weighted by Gasteiger charge is -2.34. The average molecular weight is 390 g/mol. The van der Waals surface area contributed by atoms with E-state index in [9.17, 15) is 0 Å². The molecular formula is C22H27N7. The van der Waals surface area contributed by atoms with Crippen LogP contribution in [0.3, 0.4) is 0 Å². The topological polar surface area (TPSA) is 69.2 Å². The van der Waals surface area contributed by atoms with Gasteiger partial charge in [0.2, 0.25) is 5.95 Å². The molecule has 7 nitrogen and oxygen atoms in total. The first kappa shape index (κ1) is 19.1. The van der Waals surface area contributed by atoms with Gasteiger partial charge in [-0.3, -0.25) is 0 Å². The highest BCUT2D eigenvalue weighted by molar-refractivity contribution is 5.61. The van der Waals surface area contributed by atoms with Crippen molar-refractivity contribution < 1.29 is 0 Å². The van der Waals surface area contributed by atoms with Gasteiger partial charge in [0, 0.05) is 44.1 Å². The highest BCUT2D eigenvalue weighted by Gasteiger charge is 2.14. The zero-order chi connectivity index (χ0) is 20.1. The van der Waals surface area contributed by atoms with Crippen LogP contribution in [0.1, 0.15) is 11.1 Å². The Morgan fingerprint density at radius 1 is 0.966 bits per heavy atom. The summed E-state index contributed by atoms with van der Waals surface area (Å²) in [5, 5.41) is 14.7. The number of hydrogen-bond acceptors (Lipinski definition) is 7. The highest BCUT2D eigenvalue weighted by Crippen LogP contribution is 2.21. The first-order valence-electron chi connectivity index (χ1n) is 9.96. The number of aryl methyl sites for hydroxylation is 1. The van der Waals surface area contributed by atoms with Gasteiger partial charge >= 0.3 is 0 Å². The third-order valence-corrected chi connectivity index (χ3v) is 5.27. The third-order valence-electron chi connectivity index (χ3n) is 5.27. The summed E-state index contributed by atoms with van der Waals surface area (Å²) >= 11 is 0. The molecule has 0 radical (unpaired) electrons. The van der Waals surface area contributed by atoms with Gasteiger partial charge in [0.25, 0.3) is 0 Å². The van der Waals surface area contributed by atoms with Gasteiger partial charge in [0.05, 0.1) is 6.20 Å². The van der Waals surface area contributed by atoms with Crippen molar-refractivity contribution in [2.24, 2.45) is 0 Å². The SMILES string of the molecule is Cc1ccccc1CNc1nncc(Nc2ccc(N3CCN(C)CC3)cc2)n1. The smallest absolute Gasteiger partial charge is 0.244 e. The molecule has 0 bridgehead atoms. The summed E-state index contributed by atoms with van der Waals surface area (Å²) in [6.45, 7) is 7.09. The number of likely N-dealkylation sites (N-methyl/N-ethyl adjacent to an activating group) is 1. The van der Waals surface area contributed by atoms with Gasteiger partial charge in [0.1, 0.15) is 0 Å². The minimum atomic E-state index is 0.507. The van der Waals surface area contributed by atoms with Crippen LogP contribution in [-0.2, 0) is 6.54 Å². The first-order chi connectivity index (χ1) is 14.2. The molecule has 1 fully saturated rings. The molecule has 0 atom stereocenters. The van der Waals surface area contributed by atoms with Crippen LogP contribution in [0.2, 0.25) is 0 Å². The summed E-state index contributed by atoms with van der Waals surface area (Å²) < 4.78 is 0. The van der Waals surface area contributed by atoms with Gasteiger partial charge in [-0.05, 0) is 49.4 Å². The van der Waals surface area contributed by atoms with Crippen molar-refractivity contribution >= 4 is 23.1 Å². The van der Waals surface area contributed by atoms with E-state index in [0.717, 1.165) is 31.9 Å². The van der Waals surface area contributed by atoms with E-state index in [1.54, 1.807) is 6.20 Å². The molecule has 29 heavy (non-hydrogen) atoms. The van der Waals surface area contributed by atoms with Gasteiger partial charge < -0.3 is 20.4 Å². The molecule has 4 rings (SSSR count). The Labute approximate surface area is 171 Å². The molecule has 0 spiro atoms. The standard InChI is InChI=1S/C22H27N7/c1-17-5-3-4-6-18(17)15-23-22-26-21(16-24-27-22)25-19-7-9-20(10-8-19)29-13-11-28(2)12-14-29/h3-10,16H,11-15H2,1-2H3,(H2,23,25,26,27). The van der Waals surface area contributed by atoms with Gasteiger partial charge in [-0.25, -0.2) is 0 Å². The Morgan fingerprint density at radius 3 is 2.48 bits per heavy atom. The number of rotatable bonds is 6. The fourth-order valence-corrected chi connectivity index (χ4v) is 3.39. The Morgan fingerprint density at radius 2 is 1.72 bits per heavy atom. The summed E-state index contributed by atoms with van der Waals surface area (Å²) in [4.78, 5) is 9.30. The molecule has 1 aliphatic rings. The fourth-order valence-electron chi connectivity index (χ4n) is 3.39. The van der Waals surface area contributed by atoms with E-state index in [-0.39, 0.29) is 0 Å². The second kappa shape index (κ2) is 8.87. The Bertz CT molecular complexity index is 934. The number of nitrogens with zero attached hydrogens (tertiary/aromatic N) is 5. The van der Waals surface area contributed by atoms with Crippen molar-refractivity contribution in [2.45, 2.75) is 13.5 Å². The lowest BCUT2D eigenvalue weighted by atomic mass is 10.1. The van der Waals surface area contributed by atoms with Crippen LogP contribution in [-0.4, -0.2) is 53.3 Å². The van der Waals surface area contributed by atoms with Gasteiger partial charge in [-0.15, -0.1) is 5.10 Å². The second-order valence-electron chi connectivity index (χ2n) is 7.41. The van der Waals surface area contributed by atoms with Crippen LogP contribution in [0.15, 0.2) is 54.7 Å². The number of benzene rings is 2. The molecule has 2 heterocycles. The van der Waals surface area contributed by atoms with Crippen LogP contribution in [0.5, 0.6) is 0 Å². The van der Waals surface area contributed by atoms with E-state index in [4.69, 9.17) is 0 Å². The predicted molar refractivity (Wildman–Crippen MR) is 118 cm³/mol. The first-order valence-corrected chi connectivity index (χ1v) is 9.96. The van der Waals surface area contributed by atoms with Crippen LogP contribution in [0, 0.1) is 6.92 Å². The maximum atomic E-state index is 4.52. The van der Waals surface area contributed by atoms with Crippen LogP contribution in [0.25, 0.3) is 0 Å². The third kappa shape index (κ3) is 5.00. The fraction of sp³-hybridized carbons (Fsp3) is 0.318. The average Bonchev–Trinajstić information content (AvgIpc) is 2.75. The van der Waals surface area contributed by atoms with E-state index < -0.39 is 0 Å². The number of anilines is 4.